The first-order valence-electron chi connectivity index (χ1n) is 6.51. The molecular formula is C14H18N4O2. The number of aryl methyl sites for hydroxylation is 2. The summed E-state index contributed by atoms with van der Waals surface area (Å²) in [5.74, 6) is 1.16. The fourth-order valence-corrected chi connectivity index (χ4v) is 1.80. The normalized spacial score (nSPS) is 10.3. The van der Waals surface area contributed by atoms with Crippen LogP contribution in [0.2, 0.25) is 0 Å². The van der Waals surface area contributed by atoms with Gasteiger partial charge in [-0.25, -0.2) is 4.98 Å². The molecule has 2 N–H and O–H groups in total. The van der Waals surface area contributed by atoms with Crippen LogP contribution >= 0.6 is 0 Å². The summed E-state index contributed by atoms with van der Waals surface area (Å²) in [6.45, 7) is 4.16. The molecule has 2 heterocycles. The Morgan fingerprint density at radius 2 is 2.15 bits per heavy atom. The Morgan fingerprint density at radius 3 is 2.75 bits per heavy atom. The number of carbonyl (C=O) groups is 1. The van der Waals surface area contributed by atoms with Crippen molar-refractivity contribution in [1.82, 2.24) is 15.5 Å². The lowest BCUT2D eigenvalue weighted by Gasteiger charge is -2.07. The van der Waals surface area contributed by atoms with Gasteiger partial charge in [0.25, 0.3) is 5.91 Å². The van der Waals surface area contributed by atoms with Gasteiger partial charge in [-0.15, -0.1) is 0 Å². The molecule has 0 saturated heterocycles. The molecule has 0 aliphatic carbocycles. The third-order valence-electron chi connectivity index (χ3n) is 2.86. The molecule has 1 amide bonds. The summed E-state index contributed by atoms with van der Waals surface area (Å²) < 4.78 is 5.05. The highest BCUT2D eigenvalue weighted by Crippen LogP contribution is 2.11. The largest absolute Gasteiger partial charge is 0.373 e. The second-order valence-electron chi connectivity index (χ2n) is 4.45. The molecule has 0 aromatic carbocycles. The van der Waals surface area contributed by atoms with Crippen LogP contribution in [0.5, 0.6) is 0 Å². The van der Waals surface area contributed by atoms with E-state index in [4.69, 9.17) is 4.52 Å². The topological polar surface area (TPSA) is 80.0 Å². The Morgan fingerprint density at radius 1 is 1.35 bits per heavy atom. The molecule has 2 aromatic rings. The fraction of sp³-hybridized carbons (Fsp3) is 0.357. The number of hydrogen-bond acceptors (Lipinski definition) is 5. The monoisotopic (exact) mass is 274 g/mol. The molecule has 6 heteroatoms. The summed E-state index contributed by atoms with van der Waals surface area (Å²) in [6.07, 6.45) is 0.775. The number of pyridine rings is 1. The third kappa shape index (κ3) is 3.34. The summed E-state index contributed by atoms with van der Waals surface area (Å²) in [4.78, 5) is 16.5. The van der Waals surface area contributed by atoms with Gasteiger partial charge in [0.05, 0.1) is 12.2 Å². The Hall–Kier alpha value is -2.37. The maximum absolute atomic E-state index is 12.1. The number of nitrogens with zero attached hydrogens (tertiary/aromatic N) is 2. The van der Waals surface area contributed by atoms with Crippen LogP contribution in [0.4, 0.5) is 5.82 Å². The summed E-state index contributed by atoms with van der Waals surface area (Å²) in [5, 5.41) is 9.53. The summed E-state index contributed by atoms with van der Waals surface area (Å²) >= 11 is 0. The molecule has 0 unspecified atom stereocenters. The summed E-state index contributed by atoms with van der Waals surface area (Å²) in [6, 6.07) is 5.31. The molecule has 20 heavy (non-hydrogen) atoms. The van der Waals surface area contributed by atoms with Crippen molar-refractivity contribution in [2.24, 2.45) is 0 Å². The van der Waals surface area contributed by atoms with Gasteiger partial charge in [0.2, 0.25) is 0 Å². The molecule has 0 aliphatic rings. The van der Waals surface area contributed by atoms with Gasteiger partial charge in [0, 0.05) is 24.4 Å². The highest BCUT2D eigenvalue weighted by atomic mass is 16.5. The Balaban J connectivity index is 2.08. The van der Waals surface area contributed by atoms with E-state index in [0.717, 1.165) is 17.8 Å². The molecule has 6 nitrogen and oxygen atoms in total. The van der Waals surface area contributed by atoms with Crippen molar-refractivity contribution >= 4 is 11.7 Å². The van der Waals surface area contributed by atoms with E-state index < -0.39 is 0 Å². The molecule has 0 saturated carbocycles. The van der Waals surface area contributed by atoms with Gasteiger partial charge in [-0.1, -0.05) is 12.1 Å². The highest BCUT2D eigenvalue weighted by molar-refractivity contribution is 5.94. The standard InChI is InChI=1S/C14H18N4O2/c1-4-11-6-10(7-13(15-3)17-11)14(19)16-8-12-5-9(2)18-20-12/h5-7H,4,8H2,1-3H3,(H,15,17)(H,16,19). The number of amides is 1. The summed E-state index contributed by atoms with van der Waals surface area (Å²) in [7, 11) is 1.78. The maximum Gasteiger partial charge on any atom is 0.251 e. The zero-order valence-corrected chi connectivity index (χ0v) is 11.9. The van der Waals surface area contributed by atoms with Gasteiger partial charge >= 0.3 is 0 Å². The van der Waals surface area contributed by atoms with Crippen LogP contribution in [0.3, 0.4) is 0 Å². The van der Waals surface area contributed by atoms with E-state index in [1.807, 2.05) is 13.8 Å². The smallest absolute Gasteiger partial charge is 0.251 e. The van der Waals surface area contributed by atoms with Crippen molar-refractivity contribution in [3.8, 4) is 0 Å². The minimum Gasteiger partial charge on any atom is -0.373 e. The molecule has 2 rings (SSSR count). The predicted molar refractivity (Wildman–Crippen MR) is 75.6 cm³/mol. The third-order valence-corrected chi connectivity index (χ3v) is 2.86. The molecule has 0 bridgehead atoms. The van der Waals surface area contributed by atoms with Crippen LogP contribution in [0.1, 0.15) is 34.4 Å². The minimum atomic E-state index is -0.160. The molecule has 0 spiro atoms. The lowest BCUT2D eigenvalue weighted by Crippen LogP contribution is -2.23. The molecule has 106 valence electrons. The molecule has 0 fully saturated rings. The zero-order chi connectivity index (χ0) is 14.5. The first-order chi connectivity index (χ1) is 9.62. The highest BCUT2D eigenvalue weighted by Gasteiger charge is 2.10. The average molecular weight is 274 g/mol. The van der Waals surface area contributed by atoms with Crippen molar-refractivity contribution < 1.29 is 9.32 Å². The van der Waals surface area contributed by atoms with E-state index in [-0.39, 0.29) is 5.91 Å². The van der Waals surface area contributed by atoms with Crippen molar-refractivity contribution in [2.75, 3.05) is 12.4 Å². The summed E-state index contributed by atoms with van der Waals surface area (Å²) in [5.41, 5.74) is 2.25. The quantitative estimate of drug-likeness (QED) is 0.870. The number of rotatable bonds is 5. The van der Waals surface area contributed by atoms with Gasteiger partial charge in [0.1, 0.15) is 5.82 Å². The van der Waals surface area contributed by atoms with E-state index in [2.05, 4.69) is 20.8 Å². The fourth-order valence-electron chi connectivity index (χ4n) is 1.80. The van der Waals surface area contributed by atoms with Gasteiger partial charge < -0.3 is 15.2 Å². The van der Waals surface area contributed by atoms with Gasteiger partial charge in [-0.3, -0.25) is 4.79 Å². The van der Waals surface area contributed by atoms with Crippen LogP contribution in [0, 0.1) is 6.92 Å². The number of aromatic nitrogens is 2. The molecule has 0 radical (unpaired) electrons. The van der Waals surface area contributed by atoms with E-state index in [0.29, 0.717) is 23.7 Å². The minimum absolute atomic E-state index is 0.160. The van der Waals surface area contributed by atoms with E-state index >= 15 is 0 Å². The van der Waals surface area contributed by atoms with Crippen LogP contribution in [0.15, 0.2) is 22.7 Å². The SMILES string of the molecule is CCc1cc(C(=O)NCc2cc(C)no2)cc(NC)n1. The first-order valence-corrected chi connectivity index (χ1v) is 6.51. The Bertz CT molecular complexity index is 585. The van der Waals surface area contributed by atoms with Crippen LogP contribution < -0.4 is 10.6 Å². The van der Waals surface area contributed by atoms with Crippen LogP contribution in [-0.4, -0.2) is 23.1 Å². The molecule has 0 aliphatic heterocycles. The van der Waals surface area contributed by atoms with E-state index in [1.54, 1.807) is 25.2 Å². The zero-order valence-electron chi connectivity index (χ0n) is 11.9. The van der Waals surface area contributed by atoms with Crippen LogP contribution in [0.25, 0.3) is 0 Å². The number of carbonyl (C=O) groups excluding carboxylic acids is 1. The average Bonchev–Trinajstić information content (AvgIpc) is 2.89. The number of anilines is 1. The van der Waals surface area contributed by atoms with E-state index in [1.165, 1.54) is 0 Å². The maximum atomic E-state index is 12.1. The second kappa shape index (κ2) is 6.18. The van der Waals surface area contributed by atoms with E-state index in [9.17, 15) is 4.79 Å². The number of nitrogens with one attached hydrogen (secondary N) is 2. The second-order valence-corrected chi connectivity index (χ2v) is 4.45. The Labute approximate surface area is 117 Å². The number of hydrogen-bond donors (Lipinski definition) is 2. The predicted octanol–water partition coefficient (Wildman–Crippen LogP) is 1.91. The molecular weight excluding hydrogens is 256 g/mol. The Kier molecular flexibility index (Phi) is 4.34. The van der Waals surface area contributed by atoms with Crippen molar-refractivity contribution in [2.45, 2.75) is 26.8 Å². The van der Waals surface area contributed by atoms with Gasteiger partial charge in [-0.05, 0) is 25.5 Å². The van der Waals surface area contributed by atoms with Gasteiger partial charge in [-0.2, -0.15) is 0 Å². The lowest BCUT2D eigenvalue weighted by molar-refractivity contribution is 0.0947. The van der Waals surface area contributed by atoms with Crippen molar-refractivity contribution in [3.63, 3.8) is 0 Å². The first kappa shape index (κ1) is 14.0. The van der Waals surface area contributed by atoms with Gasteiger partial charge in [0.15, 0.2) is 5.76 Å². The lowest BCUT2D eigenvalue weighted by atomic mass is 10.2. The van der Waals surface area contributed by atoms with Crippen molar-refractivity contribution in [1.29, 1.82) is 0 Å². The van der Waals surface area contributed by atoms with Crippen molar-refractivity contribution in [3.05, 3.63) is 40.9 Å². The van der Waals surface area contributed by atoms with Crippen LogP contribution in [-0.2, 0) is 13.0 Å². The molecule has 2 aromatic heterocycles. The molecule has 0 atom stereocenters.